The lowest BCUT2D eigenvalue weighted by Gasteiger charge is -2.33. The summed E-state index contributed by atoms with van der Waals surface area (Å²) in [6.07, 6.45) is 7.87. The number of hydrogen-bond acceptors (Lipinski definition) is 6. The molecule has 2 aromatic heterocycles. The van der Waals surface area contributed by atoms with E-state index in [4.69, 9.17) is 0 Å². The Hall–Kier alpha value is -2.21. The van der Waals surface area contributed by atoms with Gasteiger partial charge in [0.05, 0.1) is 12.6 Å². The third-order valence-electron chi connectivity index (χ3n) is 5.45. The summed E-state index contributed by atoms with van der Waals surface area (Å²) < 4.78 is 0. The van der Waals surface area contributed by atoms with Gasteiger partial charge in [-0.1, -0.05) is 6.07 Å². The molecule has 2 aliphatic rings. The molecule has 6 nitrogen and oxygen atoms in total. The summed E-state index contributed by atoms with van der Waals surface area (Å²) >= 11 is 0. The molecule has 0 aromatic carbocycles. The molecule has 1 N–H and O–H groups in total. The summed E-state index contributed by atoms with van der Waals surface area (Å²) in [4.78, 5) is 18.0. The molecule has 0 saturated carbocycles. The number of rotatable bonds is 4. The van der Waals surface area contributed by atoms with Gasteiger partial charge in [-0.25, -0.2) is 9.97 Å². The van der Waals surface area contributed by atoms with Gasteiger partial charge in [0.2, 0.25) is 0 Å². The van der Waals surface area contributed by atoms with Gasteiger partial charge in [0.15, 0.2) is 0 Å². The van der Waals surface area contributed by atoms with Crippen LogP contribution in [0.15, 0.2) is 36.8 Å². The van der Waals surface area contributed by atoms with Crippen LogP contribution < -0.4 is 9.80 Å². The first-order chi connectivity index (χ1) is 12.3. The van der Waals surface area contributed by atoms with Crippen LogP contribution in [0.25, 0.3) is 0 Å². The lowest BCUT2D eigenvalue weighted by molar-refractivity contribution is 0.266. The van der Waals surface area contributed by atoms with Crippen molar-refractivity contribution in [1.29, 1.82) is 0 Å². The Balaban J connectivity index is 1.44. The molecule has 2 fully saturated rings. The third-order valence-corrected chi connectivity index (χ3v) is 5.45. The predicted octanol–water partition coefficient (Wildman–Crippen LogP) is 2.22. The molecule has 6 heteroatoms. The number of pyridine rings is 1. The van der Waals surface area contributed by atoms with E-state index in [1.54, 1.807) is 6.33 Å². The van der Waals surface area contributed by atoms with Crippen LogP contribution in [0.3, 0.4) is 0 Å². The highest BCUT2D eigenvalue weighted by Gasteiger charge is 2.27. The predicted molar refractivity (Wildman–Crippen MR) is 97.9 cm³/mol. The van der Waals surface area contributed by atoms with Gasteiger partial charge in [-0.05, 0) is 37.8 Å². The zero-order valence-corrected chi connectivity index (χ0v) is 14.5. The lowest BCUT2D eigenvalue weighted by Crippen LogP contribution is -2.35. The number of hydrogen-bond donors (Lipinski definition) is 1. The molecule has 0 radical (unpaired) electrons. The van der Waals surface area contributed by atoms with E-state index in [-0.39, 0.29) is 12.6 Å². The maximum Gasteiger partial charge on any atom is 0.134 e. The fourth-order valence-electron chi connectivity index (χ4n) is 4.02. The van der Waals surface area contributed by atoms with E-state index in [0.717, 1.165) is 57.0 Å². The summed E-state index contributed by atoms with van der Waals surface area (Å²) in [6.45, 7) is 3.13. The lowest BCUT2D eigenvalue weighted by atomic mass is 9.93. The summed E-state index contributed by atoms with van der Waals surface area (Å²) in [7, 11) is 0. The van der Waals surface area contributed by atoms with Crippen LogP contribution in [0.2, 0.25) is 0 Å². The molecule has 0 spiro atoms. The highest BCUT2D eigenvalue weighted by atomic mass is 16.3. The minimum atomic E-state index is 0.189. The zero-order chi connectivity index (χ0) is 17.1. The van der Waals surface area contributed by atoms with Crippen molar-refractivity contribution in [2.45, 2.75) is 37.6 Å². The number of aromatic nitrogens is 3. The first-order valence-electron chi connectivity index (χ1n) is 9.20. The first kappa shape index (κ1) is 16.3. The maximum atomic E-state index is 9.55. The first-order valence-corrected chi connectivity index (χ1v) is 9.20. The van der Waals surface area contributed by atoms with E-state index in [2.05, 4.69) is 43.0 Å². The Bertz CT molecular complexity index is 687. The van der Waals surface area contributed by atoms with Crippen LogP contribution in [0.1, 0.15) is 37.3 Å². The van der Waals surface area contributed by atoms with Crippen molar-refractivity contribution in [1.82, 2.24) is 15.0 Å². The van der Waals surface area contributed by atoms with E-state index in [9.17, 15) is 5.11 Å². The highest BCUT2D eigenvalue weighted by Crippen LogP contribution is 2.30. The maximum absolute atomic E-state index is 9.55. The van der Waals surface area contributed by atoms with Gasteiger partial charge in [0.25, 0.3) is 0 Å². The van der Waals surface area contributed by atoms with Gasteiger partial charge in [-0.2, -0.15) is 0 Å². The summed E-state index contributed by atoms with van der Waals surface area (Å²) in [5.74, 6) is 2.47. The Labute approximate surface area is 148 Å². The minimum Gasteiger partial charge on any atom is -0.394 e. The second kappa shape index (κ2) is 7.35. The van der Waals surface area contributed by atoms with E-state index >= 15 is 0 Å². The van der Waals surface area contributed by atoms with Crippen molar-refractivity contribution < 1.29 is 5.11 Å². The third kappa shape index (κ3) is 3.44. The SMILES string of the molecule is OCC1CCCN1c1cc(N2CCC(c3ccccn3)CC2)ncn1. The Morgan fingerprint density at radius 3 is 2.60 bits per heavy atom. The van der Waals surface area contributed by atoms with E-state index in [0.29, 0.717) is 5.92 Å². The smallest absolute Gasteiger partial charge is 0.134 e. The van der Waals surface area contributed by atoms with Crippen molar-refractivity contribution in [3.63, 3.8) is 0 Å². The van der Waals surface area contributed by atoms with Crippen LogP contribution in [0, 0.1) is 0 Å². The number of aliphatic hydroxyl groups excluding tert-OH is 1. The van der Waals surface area contributed by atoms with E-state index < -0.39 is 0 Å². The highest BCUT2D eigenvalue weighted by molar-refractivity contribution is 5.51. The van der Waals surface area contributed by atoms with Crippen LogP contribution in [0.4, 0.5) is 11.6 Å². The van der Waals surface area contributed by atoms with Gasteiger partial charge in [-0.15, -0.1) is 0 Å². The largest absolute Gasteiger partial charge is 0.394 e. The van der Waals surface area contributed by atoms with Crippen LogP contribution in [-0.4, -0.2) is 52.3 Å². The molecule has 4 rings (SSSR count). The monoisotopic (exact) mass is 339 g/mol. The van der Waals surface area contributed by atoms with Gasteiger partial charge in [0.1, 0.15) is 18.0 Å². The van der Waals surface area contributed by atoms with Crippen molar-refractivity contribution in [3.8, 4) is 0 Å². The van der Waals surface area contributed by atoms with E-state index in [1.807, 2.05) is 12.3 Å². The van der Waals surface area contributed by atoms with Gasteiger partial charge >= 0.3 is 0 Å². The molecule has 2 aromatic rings. The van der Waals surface area contributed by atoms with Gasteiger partial charge in [-0.3, -0.25) is 4.98 Å². The number of anilines is 2. The fraction of sp³-hybridized carbons (Fsp3) is 0.526. The van der Waals surface area contributed by atoms with E-state index in [1.165, 1.54) is 5.69 Å². The standard InChI is InChI=1S/C19H25N5O/c25-13-16-4-3-9-24(16)19-12-18(21-14-22-19)23-10-6-15(7-11-23)17-5-1-2-8-20-17/h1-2,5,8,12,14-16,25H,3-4,6-7,9-11,13H2. The molecule has 0 aliphatic carbocycles. The topological polar surface area (TPSA) is 65.4 Å². The second-order valence-electron chi connectivity index (χ2n) is 6.92. The van der Waals surface area contributed by atoms with Gasteiger partial charge < -0.3 is 14.9 Å². The molecule has 132 valence electrons. The van der Waals surface area contributed by atoms with Crippen LogP contribution in [0.5, 0.6) is 0 Å². The molecule has 25 heavy (non-hydrogen) atoms. The molecule has 1 unspecified atom stereocenters. The normalized spacial score (nSPS) is 21.7. The minimum absolute atomic E-state index is 0.189. The number of aliphatic hydroxyl groups is 1. The Kier molecular flexibility index (Phi) is 4.78. The summed E-state index contributed by atoms with van der Waals surface area (Å²) in [5.41, 5.74) is 1.20. The average Bonchev–Trinajstić information content (AvgIpc) is 3.18. The van der Waals surface area contributed by atoms with Crippen LogP contribution >= 0.6 is 0 Å². The van der Waals surface area contributed by atoms with Crippen molar-refractivity contribution in [2.75, 3.05) is 36.0 Å². The Morgan fingerprint density at radius 1 is 1.00 bits per heavy atom. The van der Waals surface area contributed by atoms with Crippen molar-refractivity contribution in [3.05, 3.63) is 42.5 Å². The fourth-order valence-corrected chi connectivity index (χ4v) is 4.02. The van der Waals surface area contributed by atoms with Crippen LogP contribution in [-0.2, 0) is 0 Å². The molecular weight excluding hydrogens is 314 g/mol. The summed E-state index contributed by atoms with van der Waals surface area (Å²) in [6, 6.07) is 8.44. The van der Waals surface area contributed by atoms with Gasteiger partial charge in [0, 0.05) is 43.5 Å². The number of nitrogens with zero attached hydrogens (tertiary/aromatic N) is 5. The Morgan fingerprint density at radius 2 is 1.84 bits per heavy atom. The second-order valence-corrected chi connectivity index (χ2v) is 6.92. The van der Waals surface area contributed by atoms with Crippen molar-refractivity contribution in [2.24, 2.45) is 0 Å². The molecule has 4 heterocycles. The number of piperidine rings is 1. The quantitative estimate of drug-likeness (QED) is 0.921. The molecule has 1 atom stereocenters. The molecular formula is C19H25N5O. The molecule has 2 saturated heterocycles. The molecule has 0 bridgehead atoms. The molecule has 0 amide bonds. The zero-order valence-electron chi connectivity index (χ0n) is 14.5. The van der Waals surface area contributed by atoms with Crippen molar-refractivity contribution >= 4 is 11.6 Å². The summed E-state index contributed by atoms with van der Waals surface area (Å²) in [5, 5.41) is 9.55. The average molecular weight is 339 g/mol. The molecule has 2 aliphatic heterocycles.